The van der Waals surface area contributed by atoms with Gasteiger partial charge in [-0.2, -0.15) is 0 Å². The Morgan fingerprint density at radius 3 is 1.54 bits per heavy atom. The van der Waals surface area contributed by atoms with Crippen molar-refractivity contribution in [1.82, 2.24) is 18.7 Å². The molecular weight excluding hydrogens is 717 g/mol. The van der Waals surface area contributed by atoms with Crippen molar-refractivity contribution >= 4 is 54.5 Å². The van der Waals surface area contributed by atoms with Gasteiger partial charge in [0.2, 0.25) is 0 Å². The molecule has 0 aliphatic rings. The lowest BCUT2D eigenvalue weighted by Crippen LogP contribution is -1.97. The van der Waals surface area contributed by atoms with Crippen molar-refractivity contribution in [3.8, 4) is 50.7 Å². The van der Waals surface area contributed by atoms with Crippen molar-refractivity contribution in [2.24, 2.45) is 0 Å². The van der Waals surface area contributed by atoms with E-state index in [0.29, 0.717) is 0 Å². The van der Waals surface area contributed by atoms with E-state index in [1.165, 1.54) is 38.0 Å². The first kappa shape index (κ1) is 33.2. The van der Waals surface area contributed by atoms with E-state index in [0.717, 1.165) is 67.3 Å². The highest BCUT2D eigenvalue weighted by Crippen LogP contribution is 2.42. The molecule has 12 rings (SSSR count). The molecule has 12 aromatic rings. The number of hydrogen-bond acceptors (Lipinski definition) is 1. The average molecular weight is 753 g/mol. The minimum Gasteiger partial charge on any atom is -0.316 e. The SMILES string of the molecule is c1ccc(-c2cc(-c3ccccc3)nc(-c3cccc(-n4c5cc6c(ccn6-c6ccccc6)cc5c5cc6c7ccccc7n(-c7ccccc7)c6cc54)c3)c2)cc1. The van der Waals surface area contributed by atoms with E-state index < -0.39 is 0 Å². The van der Waals surface area contributed by atoms with Crippen LogP contribution in [-0.2, 0) is 0 Å². The normalized spacial score (nSPS) is 11.7. The largest absolute Gasteiger partial charge is 0.316 e. The van der Waals surface area contributed by atoms with Crippen molar-refractivity contribution in [2.75, 3.05) is 0 Å². The molecule has 8 aromatic carbocycles. The van der Waals surface area contributed by atoms with Gasteiger partial charge in [-0.1, -0.05) is 127 Å². The zero-order valence-electron chi connectivity index (χ0n) is 32.1. The summed E-state index contributed by atoms with van der Waals surface area (Å²) in [4.78, 5) is 5.32. The second kappa shape index (κ2) is 13.3. The Bertz CT molecular complexity index is 3460. The van der Waals surface area contributed by atoms with Gasteiger partial charge in [-0.05, 0) is 96.1 Å². The molecule has 0 bridgehead atoms. The Morgan fingerprint density at radius 1 is 0.288 bits per heavy atom. The van der Waals surface area contributed by atoms with Crippen LogP contribution in [0, 0.1) is 0 Å². The lowest BCUT2D eigenvalue weighted by molar-refractivity contribution is 1.12. The molecule has 0 atom stereocenters. The van der Waals surface area contributed by atoms with Crippen LogP contribution >= 0.6 is 0 Å². The second-order valence-corrected chi connectivity index (χ2v) is 15.3. The molecule has 4 heterocycles. The highest BCUT2D eigenvalue weighted by atomic mass is 15.0. The fourth-order valence-corrected chi connectivity index (χ4v) is 9.09. The summed E-state index contributed by atoms with van der Waals surface area (Å²) < 4.78 is 7.17. The van der Waals surface area contributed by atoms with E-state index in [4.69, 9.17) is 4.98 Å². The van der Waals surface area contributed by atoms with E-state index in [9.17, 15) is 0 Å². The first-order chi connectivity index (χ1) is 29.2. The number of hydrogen-bond donors (Lipinski definition) is 0. The number of rotatable bonds is 6. The quantitative estimate of drug-likeness (QED) is 0.166. The third-order valence-corrected chi connectivity index (χ3v) is 11.8. The first-order valence-corrected chi connectivity index (χ1v) is 20.1. The summed E-state index contributed by atoms with van der Waals surface area (Å²) in [5.74, 6) is 0. The smallest absolute Gasteiger partial charge is 0.0716 e. The van der Waals surface area contributed by atoms with Crippen LogP contribution in [0.2, 0.25) is 0 Å². The minimum atomic E-state index is 0.930. The van der Waals surface area contributed by atoms with Crippen molar-refractivity contribution in [1.29, 1.82) is 0 Å². The van der Waals surface area contributed by atoms with Crippen LogP contribution in [0.4, 0.5) is 0 Å². The summed E-state index contributed by atoms with van der Waals surface area (Å²) >= 11 is 0. The average Bonchev–Trinajstić information content (AvgIpc) is 3.98. The van der Waals surface area contributed by atoms with E-state index in [1.54, 1.807) is 0 Å². The van der Waals surface area contributed by atoms with Crippen molar-refractivity contribution in [3.63, 3.8) is 0 Å². The van der Waals surface area contributed by atoms with Crippen LogP contribution in [0.1, 0.15) is 0 Å². The molecule has 0 aliphatic carbocycles. The molecule has 0 unspecified atom stereocenters. The maximum absolute atomic E-state index is 5.32. The molecular formula is C55H36N4. The summed E-state index contributed by atoms with van der Waals surface area (Å²) in [5.41, 5.74) is 15.5. The number of nitrogens with zero attached hydrogens (tertiary/aromatic N) is 4. The van der Waals surface area contributed by atoms with E-state index in [1.807, 2.05) is 0 Å². The molecule has 276 valence electrons. The molecule has 0 aliphatic heterocycles. The number of para-hydroxylation sites is 3. The Morgan fingerprint density at radius 2 is 0.814 bits per heavy atom. The standard InChI is InChI=1S/C55H36N4/c1-5-16-37(17-6-1)41-32-49(38-18-7-2-8-19-38)56-50(33-41)39-20-15-25-44(30-39)59-53-35-52-40(28-29-57(52)42-21-9-3-10-22-42)31-46(53)48-34-47-45-26-13-14-27-51(45)58(54(47)36-55(48)59)43-23-11-4-12-24-43/h1-36H. The van der Waals surface area contributed by atoms with Gasteiger partial charge in [-0.15, -0.1) is 0 Å². The molecule has 0 radical (unpaired) electrons. The van der Waals surface area contributed by atoms with Crippen LogP contribution in [0.25, 0.3) is 105 Å². The van der Waals surface area contributed by atoms with Gasteiger partial charge in [0, 0.05) is 61.3 Å². The summed E-state index contributed by atoms with van der Waals surface area (Å²) in [6, 6.07) is 76.3. The third kappa shape index (κ3) is 5.42. The van der Waals surface area contributed by atoms with Gasteiger partial charge in [-0.3, -0.25) is 0 Å². The highest BCUT2D eigenvalue weighted by Gasteiger charge is 2.20. The fourth-order valence-electron chi connectivity index (χ4n) is 9.09. The monoisotopic (exact) mass is 752 g/mol. The molecule has 0 spiro atoms. The zero-order chi connectivity index (χ0) is 38.9. The Labute approximate surface area is 341 Å². The lowest BCUT2D eigenvalue weighted by atomic mass is 10.00. The van der Waals surface area contributed by atoms with Gasteiger partial charge in [0.25, 0.3) is 0 Å². The third-order valence-electron chi connectivity index (χ3n) is 11.8. The number of aromatic nitrogens is 4. The predicted molar refractivity (Wildman–Crippen MR) is 246 cm³/mol. The molecule has 4 nitrogen and oxygen atoms in total. The van der Waals surface area contributed by atoms with E-state index in [-0.39, 0.29) is 0 Å². The minimum absolute atomic E-state index is 0.930. The number of benzene rings is 8. The topological polar surface area (TPSA) is 27.7 Å². The van der Waals surface area contributed by atoms with E-state index >= 15 is 0 Å². The Hall–Kier alpha value is -7.95. The van der Waals surface area contributed by atoms with Crippen LogP contribution < -0.4 is 0 Å². The molecule has 0 N–H and O–H groups in total. The highest BCUT2D eigenvalue weighted by molar-refractivity contribution is 6.20. The molecule has 0 fully saturated rings. The summed E-state index contributed by atoms with van der Waals surface area (Å²) in [6.45, 7) is 0. The molecule has 59 heavy (non-hydrogen) atoms. The van der Waals surface area contributed by atoms with Crippen molar-refractivity contribution < 1.29 is 0 Å². The van der Waals surface area contributed by atoms with Gasteiger partial charge < -0.3 is 13.7 Å². The van der Waals surface area contributed by atoms with Gasteiger partial charge in [-0.25, -0.2) is 4.98 Å². The summed E-state index contributed by atoms with van der Waals surface area (Å²) in [7, 11) is 0. The lowest BCUT2D eigenvalue weighted by Gasteiger charge is -2.13. The number of fused-ring (bicyclic) bond motifs is 7. The van der Waals surface area contributed by atoms with Gasteiger partial charge in [0.1, 0.15) is 0 Å². The summed E-state index contributed by atoms with van der Waals surface area (Å²) in [6.07, 6.45) is 2.19. The van der Waals surface area contributed by atoms with Crippen LogP contribution in [0.15, 0.2) is 219 Å². The fraction of sp³-hybridized carbons (Fsp3) is 0. The van der Waals surface area contributed by atoms with Crippen LogP contribution in [0.3, 0.4) is 0 Å². The molecule has 0 saturated carbocycles. The maximum atomic E-state index is 5.32. The van der Waals surface area contributed by atoms with Crippen LogP contribution in [-0.4, -0.2) is 18.7 Å². The Kier molecular flexibility index (Phi) is 7.50. The van der Waals surface area contributed by atoms with Crippen LogP contribution in [0.5, 0.6) is 0 Å². The molecule has 4 aromatic heterocycles. The predicted octanol–water partition coefficient (Wildman–Crippen LogP) is 14.2. The number of pyridine rings is 1. The summed E-state index contributed by atoms with van der Waals surface area (Å²) in [5, 5.41) is 6.13. The first-order valence-electron chi connectivity index (χ1n) is 20.1. The second-order valence-electron chi connectivity index (χ2n) is 15.3. The van der Waals surface area contributed by atoms with E-state index in [2.05, 4.69) is 232 Å². The zero-order valence-corrected chi connectivity index (χ0v) is 32.1. The molecule has 0 saturated heterocycles. The molecule has 4 heteroatoms. The van der Waals surface area contributed by atoms with Gasteiger partial charge in [0.05, 0.1) is 39.0 Å². The van der Waals surface area contributed by atoms with Gasteiger partial charge >= 0.3 is 0 Å². The van der Waals surface area contributed by atoms with Crippen molar-refractivity contribution in [3.05, 3.63) is 219 Å². The molecule has 0 amide bonds. The van der Waals surface area contributed by atoms with Crippen molar-refractivity contribution in [2.45, 2.75) is 0 Å². The maximum Gasteiger partial charge on any atom is 0.0716 e. The Balaban J connectivity index is 1.15. The van der Waals surface area contributed by atoms with Gasteiger partial charge in [0.15, 0.2) is 0 Å².